The number of rotatable bonds is 2. The van der Waals surface area contributed by atoms with Gasteiger partial charge in [0.1, 0.15) is 0 Å². The molecule has 0 unspecified atom stereocenters. The van der Waals surface area contributed by atoms with E-state index >= 15 is 0 Å². The molecule has 0 atom stereocenters. The monoisotopic (exact) mass is 265 g/mol. The van der Waals surface area contributed by atoms with Crippen LogP contribution in [0.15, 0.2) is 16.6 Å². The lowest BCUT2D eigenvalue weighted by Gasteiger charge is -2.04. The van der Waals surface area contributed by atoms with Crippen molar-refractivity contribution in [3.63, 3.8) is 0 Å². The van der Waals surface area contributed by atoms with E-state index in [2.05, 4.69) is 15.9 Å². The lowest BCUT2D eigenvalue weighted by Crippen LogP contribution is -1.95. The summed E-state index contributed by atoms with van der Waals surface area (Å²) in [6.45, 7) is 1.43. The minimum atomic E-state index is -2.64. The summed E-state index contributed by atoms with van der Waals surface area (Å²) < 4.78 is 24.7. The van der Waals surface area contributed by atoms with E-state index in [1.165, 1.54) is 6.92 Å². The van der Waals surface area contributed by atoms with E-state index in [0.717, 1.165) is 12.1 Å². The summed E-state index contributed by atoms with van der Waals surface area (Å²) >= 11 is 2.87. The topological polar surface area (TPSA) is 43.1 Å². The van der Waals surface area contributed by atoms with E-state index in [-0.39, 0.29) is 21.3 Å². The van der Waals surface area contributed by atoms with Crippen LogP contribution >= 0.6 is 15.9 Å². The normalized spacial score (nSPS) is 10.6. The van der Waals surface area contributed by atoms with E-state index in [4.69, 9.17) is 0 Å². The van der Waals surface area contributed by atoms with Gasteiger partial charge in [0, 0.05) is 21.7 Å². The second-order valence-corrected chi connectivity index (χ2v) is 3.57. The summed E-state index contributed by atoms with van der Waals surface area (Å²) in [5.74, 6) is 0. The SMILES string of the molecule is Cc1cc(C(F)F)c(Br)cc1[N+](=O)[O-]. The molecule has 0 aliphatic heterocycles. The standard InChI is InChI=1S/C8H6BrF2NO2/c1-4-2-5(8(10)11)6(9)3-7(4)12(13)14/h2-3,8H,1H3. The van der Waals surface area contributed by atoms with Crippen molar-refractivity contribution < 1.29 is 13.7 Å². The zero-order chi connectivity index (χ0) is 10.9. The van der Waals surface area contributed by atoms with Crippen molar-refractivity contribution >= 4 is 21.6 Å². The van der Waals surface area contributed by atoms with Gasteiger partial charge in [-0.25, -0.2) is 8.78 Å². The minimum absolute atomic E-state index is 0.0600. The van der Waals surface area contributed by atoms with Gasteiger partial charge < -0.3 is 0 Å². The molecule has 0 aromatic heterocycles. The maximum Gasteiger partial charge on any atom is 0.273 e. The molecule has 0 aliphatic carbocycles. The molecule has 3 nitrogen and oxygen atoms in total. The lowest BCUT2D eigenvalue weighted by molar-refractivity contribution is -0.385. The van der Waals surface area contributed by atoms with Crippen molar-refractivity contribution in [3.8, 4) is 0 Å². The lowest BCUT2D eigenvalue weighted by atomic mass is 10.1. The molecule has 6 heteroatoms. The highest BCUT2D eigenvalue weighted by Gasteiger charge is 2.18. The molecule has 0 fully saturated rings. The molecule has 0 N–H and O–H groups in total. The Morgan fingerprint density at radius 1 is 1.50 bits per heavy atom. The second-order valence-electron chi connectivity index (χ2n) is 2.72. The van der Waals surface area contributed by atoms with Crippen LogP contribution in [0.5, 0.6) is 0 Å². The molecule has 0 heterocycles. The van der Waals surface area contributed by atoms with Crippen LogP contribution in [0.2, 0.25) is 0 Å². The molecule has 1 aromatic carbocycles. The number of nitrogens with zero attached hydrogens (tertiary/aromatic N) is 1. The molecule has 0 saturated heterocycles. The Labute approximate surface area is 87.0 Å². The van der Waals surface area contributed by atoms with Gasteiger partial charge >= 0.3 is 0 Å². The molecule has 0 radical (unpaired) electrons. The van der Waals surface area contributed by atoms with Crippen molar-refractivity contribution in [3.05, 3.63) is 37.8 Å². The van der Waals surface area contributed by atoms with Gasteiger partial charge in [0.2, 0.25) is 0 Å². The number of nitro benzene ring substituents is 1. The van der Waals surface area contributed by atoms with Crippen molar-refractivity contribution in [1.29, 1.82) is 0 Å². The molecule has 1 aromatic rings. The quantitative estimate of drug-likeness (QED) is 0.606. The van der Waals surface area contributed by atoms with Crippen LogP contribution in [0.25, 0.3) is 0 Å². The summed E-state index contributed by atoms with van der Waals surface area (Å²) in [6, 6.07) is 2.21. The highest BCUT2D eigenvalue weighted by Crippen LogP contribution is 2.32. The van der Waals surface area contributed by atoms with Gasteiger partial charge in [-0.2, -0.15) is 0 Å². The minimum Gasteiger partial charge on any atom is -0.258 e. The van der Waals surface area contributed by atoms with Gasteiger partial charge in [0.05, 0.1) is 4.92 Å². The molecule has 14 heavy (non-hydrogen) atoms. The predicted octanol–water partition coefficient (Wildman–Crippen LogP) is 3.60. The van der Waals surface area contributed by atoms with Crippen molar-refractivity contribution in [2.75, 3.05) is 0 Å². The molecule has 1 rings (SSSR count). The fourth-order valence-corrected chi connectivity index (χ4v) is 1.56. The maximum absolute atomic E-state index is 12.3. The number of halogens is 3. The van der Waals surface area contributed by atoms with Crippen LogP contribution in [0.4, 0.5) is 14.5 Å². The molecule has 0 saturated carbocycles. The van der Waals surface area contributed by atoms with Gasteiger partial charge in [-0.05, 0) is 13.0 Å². The van der Waals surface area contributed by atoms with Crippen LogP contribution in [0.1, 0.15) is 17.6 Å². The van der Waals surface area contributed by atoms with Gasteiger partial charge in [0.25, 0.3) is 12.1 Å². The molecular weight excluding hydrogens is 260 g/mol. The molecule has 0 amide bonds. The Hall–Kier alpha value is -1.04. The smallest absolute Gasteiger partial charge is 0.258 e. The van der Waals surface area contributed by atoms with Gasteiger partial charge in [0.15, 0.2) is 0 Å². The van der Waals surface area contributed by atoms with Gasteiger partial charge in [-0.1, -0.05) is 15.9 Å². The molecule has 0 bridgehead atoms. The largest absolute Gasteiger partial charge is 0.273 e. The summed E-state index contributed by atoms with van der Waals surface area (Å²) in [6.07, 6.45) is -2.64. The van der Waals surface area contributed by atoms with Crippen LogP contribution in [0.3, 0.4) is 0 Å². The Morgan fingerprint density at radius 2 is 2.07 bits per heavy atom. The van der Waals surface area contributed by atoms with Crippen LogP contribution in [-0.2, 0) is 0 Å². The van der Waals surface area contributed by atoms with E-state index in [0.29, 0.717) is 0 Å². The van der Waals surface area contributed by atoms with Crippen molar-refractivity contribution in [1.82, 2.24) is 0 Å². The first-order chi connectivity index (χ1) is 6.43. The van der Waals surface area contributed by atoms with Crippen LogP contribution in [0, 0.1) is 17.0 Å². The first-order valence-corrected chi connectivity index (χ1v) is 4.45. The third kappa shape index (κ3) is 2.06. The van der Waals surface area contributed by atoms with E-state index in [9.17, 15) is 18.9 Å². The van der Waals surface area contributed by atoms with Crippen LogP contribution < -0.4 is 0 Å². The van der Waals surface area contributed by atoms with E-state index in [1.54, 1.807) is 0 Å². The number of benzene rings is 1. The number of hydrogen-bond donors (Lipinski definition) is 0. The molecule has 76 valence electrons. The third-order valence-electron chi connectivity index (χ3n) is 1.75. The molecule has 0 aliphatic rings. The van der Waals surface area contributed by atoms with E-state index < -0.39 is 11.3 Å². The van der Waals surface area contributed by atoms with Crippen molar-refractivity contribution in [2.45, 2.75) is 13.3 Å². The summed E-state index contributed by atoms with van der Waals surface area (Å²) in [4.78, 5) is 9.85. The average Bonchev–Trinajstić information content (AvgIpc) is 2.07. The van der Waals surface area contributed by atoms with E-state index in [1.807, 2.05) is 0 Å². The zero-order valence-electron chi connectivity index (χ0n) is 7.13. The summed E-state index contributed by atoms with van der Waals surface area (Å²) in [5.41, 5.74) is -0.164. The average molecular weight is 266 g/mol. The number of alkyl halides is 2. The van der Waals surface area contributed by atoms with Crippen LogP contribution in [-0.4, -0.2) is 4.92 Å². The van der Waals surface area contributed by atoms with Crippen molar-refractivity contribution in [2.24, 2.45) is 0 Å². The number of hydrogen-bond acceptors (Lipinski definition) is 2. The van der Waals surface area contributed by atoms with Gasteiger partial charge in [-0.3, -0.25) is 10.1 Å². The fraction of sp³-hybridized carbons (Fsp3) is 0.250. The fourth-order valence-electron chi connectivity index (χ4n) is 1.06. The molecular formula is C8H6BrF2NO2. The zero-order valence-corrected chi connectivity index (χ0v) is 8.72. The Kier molecular flexibility index (Phi) is 3.15. The third-order valence-corrected chi connectivity index (χ3v) is 2.43. The van der Waals surface area contributed by atoms with Gasteiger partial charge in [-0.15, -0.1) is 0 Å². The number of aryl methyl sites for hydroxylation is 1. The first-order valence-electron chi connectivity index (χ1n) is 3.66. The summed E-state index contributed by atoms with van der Waals surface area (Å²) in [5, 5.41) is 10.5. The predicted molar refractivity (Wildman–Crippen MR) is 50.5 cm³/mol. The molecule has 0 spiro atoms. The second kappa shape index (κ2) is 4.00. The first kappa shape index (κ1) is 11.0. The Morgan fingerprint density at radius 3 is 2.50 bits per heavy atom. The Balaban J connectivity index is 3.31. The highest BCUT2D eigenvalue weighted by atomic mass is 79.9. The Bertz CT molecular complexity index is 382. The highest BCUT2D eigenvalue weighted by molar-refractivity contribution is 9.10. The summed E-state index contributed by atoms with van der Waals surface area (Å²) in [7, 11) is 0. The maximum atomic E-state index is 12.3. The number of nitro groups is 1.